The van der Waals surface area contributed by atoms with Crippen molar-refractivity contribution in [3.63, 3.8) is 0 Å². The number of benzene rings is 2. The number of hydrogen-bond donors (Lipinski definition) is 1. The minimum Gasteiger partial charge on any atom is -0.369 e. The van der Waals surface area contributed by atoms with Crippen LogP contribution < -0.4 is 10.5 Å². The van der Waals surface area contributed by atoms with Crippen LogP contribution in [0, 0.1) is 11.6 Å². The van der Waals surface area contributed by atoms with Crippen LogP contribution in [0.15, 0.2) is 47.3 Å². The van der Waals surface area contributed by atoms with E-state index in [0.717, 1.165) is 69.3 Å². The number of anilines is 1. The Morgan fingerprint density at radius 1 is 1.00 bits per heavy atom. The monoisotopic (exact) mass is 424 g/mol. The molecule has 0 radical (unpaired) electrons. The van der Waals surface area contributed by atoms with Gasteiger partial charge in [0.15, 0.2) is 0 Å². The molecule has 2 aromatic carbocycles. The van der Waals surface area contributed by atoms with Crippen molar-refractivity contribution in [3.8, 4) is 0 Å². The van der Waals surface area contributed by atoms with Crippen LogP contribution >= 0.6 is 0 Å². The van der Waals surface area contributed by atoms with Crippen LogP contribution in [0.25, 0.3) is 10.9 Å². The van der Waals surface area contributed by atoms with Gasteiger partial charge in [0.05, 0.1) is 16.6 Å². The van der Waals surface area contributed by atoms with Gasteiger partial charge in [0.2, 0.25) is 0 Å². The van der Waals surface area contributed by atoms with Gasteiger partial charge in [-0.1, -0.05) is 12.1 Å². The molecular weight excluding hydrogens is 398 g/mol. The molecule has 31 heavy (non-hydrogen) atoms. The molecule has 1 N–H and O–H groups in total. The Balaban J connectivity index is 1.27. The van der Waals surface area contributed by atoms with Gasteiger partial charge in [-0.2, -0.15) is 0 Å². The Bertz CT molecular complexity index is 1140. The maximum absolute atomic E-state index is 14.1. The van der Waals surface area contributed by atoms with Crippen molar-refractivity contribution in [3.05, 3.63) is 70.3 Å². The number of hydrogen-bond acceptors (Lipinski definition) is 4. The third-order valence-electron chi connectivity index (χ3n) is 6.70. The van der Waals surface area contributed by atoms with Gasteiger partial charge in [0.25, 0.3) is 5.56 Å². The molecule has 0 saturated carbocycles. The predicted molar refractivity (Wildman–Crippen MR) is 118 cm³/mol. The molecule has 7 heteroatoms. The second kappa shape index (κ2) is 8.38. The second-order valence-electron chi connectivity index (χ2n) is 8.62. The van der Waals surface area contributed by atoms with Crippen LogP contribution in [-0.2, 0) is 0 Å². The van der Waals surface area contributed by atoms with E-state index in [1.807, 2.05) is 23.1 Å². The molecule has 3 aromatic rings. The summed E-state index contributed by atoms with van der Waals surface area (Å²) in [5, 5.41) is 0.624. The van der Waals surface area contributed by atoms with Crippen LogP contribution in [0.1, 0.15) is 37.4 Å². The summed E-state index contributed by atoms with van der Waals surface area (Å²) < 4.78 is 27.4. The summed E-state index contributed by atoms with van der Waals surface area (Å²) >= 11 is 0. The molecule has 5 nitrogen and oxygen atoms in total. The molecule has 5 rings (SSSR count). The molecule has 2 aliphatic rings. The molecule has 3 heterocycles. The summed E-state index contributed by atoms with van der Waals surface area (Å²) in [5.74, 6) is -0.0588. The molecule has 0 bridgehead atoms. The lowest BCUT2D eigenvalue weighted by atomic mass is 9.93. The number of aromatic nitrogens is 2. The zero-order chi connectivity index (χ0) is 21.4. The van der Waals surface area contributed by atoms with E-state index in [-0.39, 0.29) is 11.5 Å². The van der Waals surface area contributed by atoms with Crippen LogP contribution in [0.4, 0.5) is 14.5 Å². The quantitative estimate of drug-likeness (QED) is 0.689. The highest BCUT2D eigenvalue weighted by atomic mass is 19.1. The van der Waals surface area contributed by atoms with Crippen LogP contribution in [0.2, 0.25) is 0 Å². The van der Waals surface area contributed by atoms with E-state index in [1.54, 1.807) is 6.07 Å². The average Bonchev–Trinajstić information content (AvgIpc) is 2.79. The van der Waals surface area contributed by atoms with E-state index in [4.69, 9.17) is 4.98 Å². The number of piperidine rings is 2. The maximum atomic E-state index is 14.1. The van der Waals surface area contributed by atoms with Gasteiger partial charge in [-0.25, -0.2) is 13.8 Å². The average molecular weight is 424 g/mol. The summed E-state index contributed by atoms with van der Waals surface area (Å²) in [4.78, 5) is 24.7. The number of rotatable bonds is 3. The summed E-state index contributed by atoms with van der Waals surface area (Å²) in [5.41, 5.74) is 1.15. The Kier molecular flexibility index (Phi) is 5.44. The normalized spacial score (nSPS) is 21.0. The van der Waals surface area contributed by atoms with Crippen LogP contribution in [-0.4, -0.2) is 47.1 Å². The molecule has 0 amide bonds. The molecule has 0 aliphatic carbocycles. The van der Waals surface area contributed by atoms with Gasteiger partial charge in [0.1, 0.15) is 17.5 Å². The highest BCUT2D eigenvalue weighted by molar-refractivity contribution is 5.77. The number of fused-ring (bicyclic) bond motifs is 1. The van der Waals surface area contributed by atoms with Gasteiger partial charge >= 0.3 is 0 Å². The van der Waals surface area contributed by atoms with E-state index in [1.165, 1.54) is 12.1 Å². The summed E-state index contributed by atoms with van der Waals surface area (Å²) in [7, 11) is 0. The number of likely N-dealkylation sites (tertiary alicyclic amines) is 1. The highest BCUT2D eigenvalue weighted by Gasteiger charge is 2.31. The Labute approximate surface area is 179 Å². The number of H-pyrrole nitrogens is 1. The van der Waals surface area contributed by atoms with E-state index in [9.17, 15) is 13.6 Å². The largest absolute Gasteiger partial charge is 0.369 e. The third-order valence-corrected chi connectivity index (χ3v) is 6.70. The fourth-order valence-corrected chi connectivity index (χ4v) is 5.07. The number of para-hydroxylation sites is 1. The molecule has 0 spiro atoms. The fourth-order valence-electron chi connectivity index (χ4n) is 5.07. The Morgan fingerprint density at radius 2 is 1.81 bits per heavy atom. The number of nitrogens with zero attached hydrogens (tertiary/aromatic N) is 3. The number of aromatic amines is 1. The molecular formula is C24H26F2N4O. The van der Waals surface area contributed by atoms with Crippen LogP contribution in [0.3, 0.4) is 0 Å². The van der Waals surface area contributed by atoms with E-state index in [2.05, 4.69) is 9.88 Å². The van der Waals surface area contributed by atoms with Gasteiger partial charge in [-0.15, -0.1) is 0 Å². The van der Waals surface area contributed by atoms with E-state index < -0.39 is 11.6 Å². The van der Waals surface area contributed by atoms with Crippen molar-refractivity contribution in [1.82, 2.24) is 14.9 Å². The minimum atomic E-state index is -0.546. The van der Waals surface area contributed by atoms with Crippen molar-refractivity contribution >= 4 is 16.6 Å². The predicted octanol–water partition coefficient (Wildman–Crippen LogP) is 4.05. The zero-order valence-corrected chi connectivity index (χ0v) is 17.4. The third kappa shape index (κ3) is 4.06. The minimum absolute atomic E-state index is 0.0765. The van der Waals surface area contributed by atoms with Crippen LogP contribution in [0.5, 0.6) is 0 Å². The molecule has 1 atom stereocenters. The van der Waals surface area contributed by atoms with E-state index in [0.29, 0.717) is 17.1 Å². The van der Waals surface area contributed by atoms with Gasteiger partial charge in [-0.3, -0.25) is 9.69 Å². The first kappa shape index (κ1) is 20.1. The second-order valence-corrected chi connectivity index (χ2v) is 8.62. The van der Waals surface area contributed by atoms with Gasteiger partial charge < -0.3 is 9.88 Å². The van der Waals surface area contributed by atoms with Crippen molar-refractivity contribution in [2.75, 3.05) is 31.1 Å². The Morgan fingerprint density at radius 3 is 2.61 bits per heavy atom. The number of halogens is 2. The molecule has 162 valence electrons. The van der Waals surface area contributed by atoms with Gasteiger partial charge in [-0.05, 0) is 56.5 Å². The Hall–Kier alpha value is -2.80. The van der Waals surface area contributed by atoms with Crippen molar-refractivity contribution < 1.29 is 8.78 Å². The maximum Gasteiger partial charge on any atom is 0.258 e. The highest BCUT2D eigenvalue weighted by Crippen LogP contribution is 2.30. The van der Waals surface area contributed by atoms with E-state index >= 15 is 0 Å². The SMILES string of the molecule is O=c1[nH]c(C2CCCN(C3CCN(c4ccc(F)cc4F)CC3)C2)nc2ccccc12. The molecule has 1 aromatic heterocycles. The first-order valence-electron chi connectivity index (χ1n) is 11.0. The smallest absolute Gasteiger partial charge is 0.258 e. The molecule has 1 unspecified atom stereocenters. The first-order valence-corrected chi connectivity index (χ1v) is 11.0. The topological polar surface area (TPSA) is 52.2 Å². The lowest BCUT2D eigenvalue weighted by molar-refractivity contribution is 0.126. The first-order chi connectivity index (χ1) is 15.1. The summed E-state index contributed by atoms with van der Waals surface area (Å²) in [6.45, 7) is 3.40. The lowest BCUT2D eigenvalue weighted by Crippen LogP contribution is -2.48. The van der Waals surface area contributed by atoms with Crippen molar-refractivity contribution in [2.45, 2.75) is 37.6 Å². The summed E-state index contributed by atoms with van der Waals surface area (Å²) in [6.07, 6.45) is 3.95. The lowest BCUT2D eigenvalue weighted by Gasteiger charge is -2.42. The zero-order valence-electron chi connectivity index (χ0n) is 17.4. The van der Waals surface area contributed by atoms with Crippen molar-refractivity contribution in [2.24, 2.45) is 0 Å². The molecule has 2 saturated heterocycles. The standard InChI is InChI=1S/C24H26F2N4O/c25-17-7-8-22(20(26)14-17)29-12-9-18(10-13-29)30-11-3-4-16(15-30)23-27-21-6-2-1-5-19(21)24(31)28-23/h1-2,5-8,14,16,18H,3-4,9-13,15H2,(H,27,28,31). The summed E-state index contributed by atoms with van der Waals surface area (Å²) in [6, 6.07) is 11.7. The fraction of sp³-hybridized carbons (Fsp3) is 0.417. The van der Waals surface area contributed by atoms with Gasteiger partial charge in [0, 0.05) is 37.7 Å². The molecule has 2 fully saturated rings. The molecule has 2 aliphatic heterocycles. The van der Waals surface area contributed by atoms with Crippen molar-refractivity contribution in [1.29, 1.82) is 0 Å². The number of nitrogens with one attached hydrogen (secondary N) is 1.